The van der Waals surface area contributed by atoms with E-state index in [-0.39, 0.29) is 24.7 Å². The minimum Gasteiger partial charge on any atom is -0.394 e. The number of unbranched alkanes of at least 4 members (excludes halogenated alkanes) is 2. The molecule has 7 N–H and O–H groups in total. The number of allylic oxidation sites excluding steroid dienone is 22. The normalized spacial score (nSPS) is 20.4. The molecule has 0 bridgehead atoms. The maximum Gasteiger partial charge on any atom is 0.243 e. The van der Waals surface area contributed by atoms with Gasteiger partial charge < -0.3 is 41.1 Å². The van der Waals surface area contributed by atoms with Gasteiger partial charge in [0.1, 0.15) is 30.4 Å². The average Bonchev–Trinajstić information content (AvgIpc) is 3.30. The number of carbonyl (C=O) groups excluding carboxylic acids is 3. The molecular weight excluding hydrogens is 819 g/mol. The minimum absolute atomic E-state index is 0.0698. The second-order valence-electron chi connectivity index (χ2n) is 15.8. The Labute approximate surface area is 391 Å². The molecule has 6 atom stereocenters. The molecule has 11 heteroatoms. The van der Waals surface area contributed by atoms with Crippen LogP contribution in [0, 0.1) is 0 Å². The molecule has 11 nitrogen and oxygen atoms in total. The van der Waals surface area contributed by atoms with Crippen LogP contribution in [-0.4, -0.2) is 88.0 Å². The van der Waals surface area contributed by atoms with Crippen LogP contribution in [0.15, 0.2) is 134 Å². The predicted octanol–water partition coefficient (Wildman–Crippen LogP) is 9.07. The van der Waals surface area contributed by atoms with Crippen molar-refractivity contribution in [2.75, 3.05) is 13.2 Å². The molecule has 1 aliphatic heterocycles. The highest BCUT2D eigenvalue weighted by Gasteiger charge is 2.44. The molecule has 0 aliphatic carbocycles. The molecule has 1 rings (SSSR count). The molecule has 0 spiro atoms. The SMILES string of the molecule is CC/C=C\C/C=C\C/C=C\C/C=C\C/C=C\C/C=C\CCC(=O)NCCCC[C@H](NC(=O)CCC/C=C\C/C=C\C/C=C\C/C=C\C/C=C\CC)C(=O)N[C@H]1C(O)[C@H](O)C(CO)O[C@H]1O. The fraction of sp³-hybridized carbons (Fsp3) is 0.537. The van der Waals surface area contributed by atoms with E-state index in [2.05, 4.69) is 151 Å². The van der Waals surface area contributed by atoms with Gasteiger partial charge in [0.05, 0.1) is 6.61 Å². The van der Waals surface area contributed by atoms with Crippen LogP contribution in [0.3, 0.4) is 0 Å². The van der Waals surface area contributed by atoms with Gasteiger partial charge in [0.2, 0.25) is 17.7 Å². The fourth-order valence-electron chi connectivity index (χ4n) is 6.45. The summed E-state index contributed by atoms with van der Waals surface area (Å²) in [7, 11) is 0. The van der Waals surface area contributed by atoms with Crippen molar-refractivity contribution < 1.29 is 39.5 Å². The Morgan fingerprint density at radius 2 is 0.954 bits per heavy atom. The van der Waals surface area contributed by atoms with Crippen LogP contribution in [0.25, 0.3) is 0 Å². The summed E-state index contributed by atoms with van der Waals surface area (Å²) in [6.07, 6.45) is 55.0. The first-order valence-corrected chi connectivity index (χ1v) is 24.1. The Kier molecular flexibility index (Phi) is 37.7. The molecule has 0 radical (unpaired) electrons. The third-order valence-corrected chi connectivity index (χ3v) is 10.2. The van der Waals surface area contributed by atoms with Gasteiger partial charge in [0, 0.05) is 19.4 Å². The molecule has 0 aromatic rings. The van der Waals surface area contributed by atoms with Gasteiger partial charge in [-0.25, -0.2) is 0 Å². The van der Waals surface area contributed by atoms with Crippen LogP contribution in [0.4, 0.5) is 0 Å². The summed E-state index contributed by atoms with van der Waals surface area (Å²) >= 11 is 0. The molecular formula is C54H83N3O8. The molecule has 1 fully saturated rings. The lowest BCUT2D eigenvalue weighted by atomic mass is 9.96. The predicted molar refractivity (Wildman–Crippen MR) is 266 cm³/mol. The minimum atomic E-state index is -1.68. The quantitative estimate of drug-likeness (QED) is 0.0241. The Morgan fingerprint density at radius 1 is 0.523 bits per heavy atom. The summed E-state index contributed by atoms with van der Waals surface area (Å²) in [4.78, 5) is 38.8. The summed E-state index contributed by atoms with van der Waals surface area (Å²) in [5.41, 5.74) is 0. The van der Waals surface area contributed by atoms with Gasteiger partial charge in [-0.15, -0.1) is 0 Å². The standard InChI is InChI=1S/C54H83N3O8/c1-3-5-7-9-11-13-15-17-19-21-22-24-25-27-29-31-33-35-37-42-48(59)55-44-40-39-41-46(53(63)57-50-52(62)51(61)47(45-58)65-54(50)64)56-49(60)43-38-36-34-32-30-28-26-23-20-18-16-14-12-10-8-6-4-2/h5-8,11-14,17-20,22,24,26-29,32-35,46-47,50-52,54,58,61-62,64H,3-4,9-10,15-16,21,23,25,30-31,36-45H2,1-2H3,(H,55,59)(H,56,60)(H,57,63)/b7-5-,8-6-,13-11-,14-12-,19-17-,20-18-,24-22-,28-26-,29-27-,34-32-,35-33-/t46-,47?,50-,51+,52?,54+/m0/s1. The van der Waals surface area contributed by atoms with E-state index in [1.165, 1.54) is 0 Å². The van der Waals surface area contributed by atoms with Crippen LogP contribution in [0.1, 0.15) is 136 Å². The Balaban J connectivity index is 2.44. The maximum atomic E-state index is 13.4. The molecule has 2 unspecified atom stereocenters. The first-order chi connectivity index (χ1) is 31.7. The number of nitrogens with one attached hydrogen (secondary N) is 3. The van der Waals surface area contributed by atoms with E-state index in [4.69, 9.17) is 4.74 Å². The van der Waals surface area contributed by atoms with Crippen molar-refractivity contribution >= 4 is 17.7 Å². The van der Waals surface area contributed by atoms with Crippen molar-refractivity contribution in [3.05, 3.63) is 134 Å². The highest BCUT2D eigenvalue weighted by atomic mass is 16.6. The summed E-state index contributed by atoms with van der Waals surface area (Å²) in [6.45, 7) is 4.04. The lowest BCUT2D eigenvalue weighted by Crippen LogP contribution is -2.65. The first-order valence-electron chi connectivity index (χ1n) is 24.1. The van der Waals surface area contributed by atoms with Crippen molar-refractivity contribution in [2.24, 2.45) is 0 Å². The van der Waals surface area contributed by atoms with Crippen molar-refractivity contribution in [2.45, 2.75) is 173 Å². The van der Waals surface area contributed by atoms with Crippen molar-refractivity contribution in [3.63, 3.8) is 0 Å². The first kappa shape index (κ1) is 58.4. The molecule has 0 saturated carbocycles. The van der Waals surface area contributed by atoms with Gasteiger partial charge in [-0.2, -0.15) is 0 Å². The molecule has 0 aromatic carbocycles. The van der Waals surface area contributed by atoms with Gasteiger partial charge in [-0.05, 0) is 109 Å². The van der Waals surface area contributed by atoms with Crippen molar-refractivity contribution in [1.29, 1.82) is 0 Å². The molecule has 0 aromatic heterocycles. The van der Waals surface area contributed by atoms with Gasteiger partial charge in [-0.3, -0.25) is 14.4 Å². The lowest BCUT2D eigenvalue weighted by Gasteiger charge is -2.40. The Morgan fingerprint density at radius 3 is 1.40 bits per heavy atom. The molecule has 362 valence electrons. The summed E-state index contributed by atoms with van der Waals surface area (Å²) in [5.74, 6) is -1.04. The highest BCUT2D eigenvalue weighted by Crippen LogP contribution is 2.20. The molecule has 65 heavy (non-hydrogen) atoms. The monoisotopic (exact) mass is 902 g/mol. The van der Waals surface area contributed by atoms with Crippen molar-refractivity contribution in [1.82, 2.24) is 16.0 Å². The zero-order valence-electron chi connectivity index (χ0n) is 39.4. The summed E-state index contributed by atoms with van der Waals surface area (Å²) in [6, 6.07) is -2.37. The average molecular weight is 902 g/mol. The Bertz CT molecular complexity index is 1590. The number of ether oxygens (including phenoxy) is 1. The van der Waals surface area contributed by atoms with E-state index >= 15 is 0 Å². The van der Waals surface area contributed by atoms with E-state index in [0.29, 0.717) is 45.1 Å². The number of hydrogen-bond acceptors (Lipinski definition) is 8. The van der Waals surface area contributed by atoms with Gasteiger partial charge in [-0.1, -0.05) is 148 Å². The molecule has 1 heterocycles. The van der Waals surface area contributed by atoms with Crippen LogP contribution in [0.2, 0.25) is 0 Å². The smallest absolute Gasteiger partial charge is 0.243 e. The molecule has 1 aliphatic rings. The van der Waals surface area contributed by atoms with Gasteiger partial charge >= 0.3 is 0 Å². The van der Waals surface area contributed by atoms with Crippen molar-refractivity contribution in [3.8, 4) is 0 Å². The fourth-order valence-corrected chi connectivity index (χ4v) is 6.45. The van der Waals surface area contributed by atoms with Gasteiger partial charge in [0.25, 0.3) is 0 Å². The van der Waals surface area contributed by atoms with Crippen LogP contribution in [-0.2, 0) is 19.1 Å². The van der Waals surface area contributed by atoms with E-state index in [0.717, 1.165) is 70.6 Å². The summed E-state index contributed by atoms with van der Waals surface area (Å²) in [5, 5.41) is 48.9. The molecule has 1 saturated heterocycles. The third-order valence-electron chi connectivity index (χ3n) is 10.2. The number of hydrogen-bond donors (Lipinski definition) is 7. The van der Waals surface area contributed by atoms with E-state index in [1.54, 1.807) is 0 Å². The second kappa shape index (κ2) is 42.0. The van der Waals surface area contributed by atoms with Crippen LogP contribution < -0.4 is 16.0 Å². The number of carbonyl (C=O) groups is 3. The zero-order chi connectivity index (χ0) is 47.4. The van der Waals surface area contributed by atoms with Gasteiger partial charge in [0.15, 0.2) is 6.29 Å². The number of amides is 3. The zero-order valence-corrected chi connectivity index (χ0v) is 39.4. The van der Waals surface area contributed by atoms with Crippen LogP contribution in [0.5, 0.6) is 0 Å². The number of rotatable bonds is 36. The topological polar surface area (TPSA) is 177 Å². The van der Waals surface area contributed by atoms with E-state index in [9.17, 15) is 34.8 Å². The Hall–Kier alpha value is -4.65. The van der Waals surface area contributed by atoms with Crippen LogP contribution >= 0.6 is 0 Å². The summed E-state index contributed by atoms with van der Waals surface area (Å²) < 4.78 is 5.18. The maximum absolute atomic E-state index is 13.4. The third kappa shape index (κ3) is 32.6. The van der Waals surface area contributed by atoms with E-state index < -0.39 is 49.2 Å². The lowest BCUT2D eigenvalue weighted by molar-refractivity contribution is -0.254. The molecule has 3 amide bonds. The largest absolute Gasteiger partial charge is 0.394 e. The number of aliphatic hydroxyl groups is 4. The van der Waals surface area contributed by atoms with E-state index in [1.807, 2.05) is 12.2 Å². The number of aliphatic hydroxyl groups excluding tert-OH is 4. The highest BCUT2D eigenvalue weighted by molar-refractivity contribution is 5.87. The second-order valence-corrected chi connectivity index (χ2v) is 15.8.